The smallest absolute Gasteiger partial charge is 0.178 e. The van der Waals surface area contributed by atoms with Gasteiger partial charge in [-0.3, -0.25) is 0 Å². The van der Waals surface area contributed by atoms with Crippen molar-refractivity contribution in [3.63, 3.8) is 0 Å². The fourth-order valence-corrected chi connectivity index (χ4v) is 3.37. The molecule has 3 rings (SSSR count). The highest BCUT2D eigenvalue weighted by atomic mass is 79.9. The van der Waals surface area contributed by atoms with E-state index in [0.717, 1.165) is 15.6 Å². The second-order valence-corrected chi connectivity index (χ2v) is 6.52. The summed E-state index contributed by atoms with van der Waals surface area (Å²) < 4.78 is 17.2. The molecule has 0 spiro atoms. The van der Waals surface area contributed by atoms with Gasteiger partial charge in [0.15, 0.2) is 4.77 Å². The summed E-state index contributed by atoms with van der Waals surface area (Å²) in [5, 5.41) is 0.0843. The van der Waals surface area contributed by atoms with Gasteiger partial charge in [-0.05, 0) is 42.9 Å². The first kappa shape index (κ1) is 14.8. The molecule has 1 N–H and O–H groups in total. The zero-order chi connectivity index (χ0) is 15.1. The Morgan fingerprint density at radius 2 is 2.10 bits per heavy atom. The van der Waals surface area contributed by atoms with Crippen molar-refractivity contribution in [2.45, 2.75) is 13.0 Å². The third-order valence-electron chi connectivity index (χ3n) is 3.48. The molecule has 1 aromatic heterocycles. The predicted molar refractivity (Wildman–Crippen MR) is 90.0 cm³/mol. The second-order valence-electron chi connectivity index (χ2n) is 4.81. The molecule has 1 unspecified atom stereocenters. The molecule has 0 amide bonds. The maximum Gasteiger partial charge on any atom is 0.178 e. The molecule has 0 bridgehead atoms. The molecule has 0 radical (unpaired) electrons. The number of aromatic amines is 1. The van der Waals surface area contributed by atoms with Crippen LogP contribution in [-0.4, -0.2) is 9.55 Å². The SMILES string of the molecule is CC(c1cccc(Br)c1)n1c(=S)[nH]c2cc(Cl)c(F)cc21. The lowest BCUT2D eigenvalue weighted by molar-refractivity contribution is 0.622. The van der Waals surface area contributed by atoms with Crippen LogP contribution in [-0.2, 0) is 0 Å². The van der Waals surface area contributed by atoms with E-state index in [0.29, 0.717) is 10.3 Å². The molecule has 108 valence electrons. The van der Waals surface area contributed by atoms with E-state index in [1.165, 1.54) is 6.07 Å². The molecule has 0 aliphatic heterocycles. The Hall–Kier alpha value is -1.17. The van der Waals surface area contributed by atoms with Crippen LogP contribution in [0, 0.1) is 10.6 Å². The predicted octanol–water partition coefficient (Wildman–Crippen LogP) is 5.86. The summed E-state index contributed by atoms with van der Waals surface area (Å²) in [6, 6.07) is 10.9. The minimum Gasteiger partial charge on any atom is -0.331 e. The number of aromatic nitrogens is 2. The van der Waals surface area contributed by atoms with Crippen molar-refractivity contribution in [3.05, 3.63) is 62.0 Å². The number of rotatable bonds is 2. The summed E-state index contributed by atoms with van der Waals surface area (Å²) in [6.45, 7) is 2.03. The highest BCUT2D eigenvalue weighted by Gasteiger charge is 2.15. The standard InChI is InChI=1S/C15H11BrClFN2S/c1-8(9-3-2-4-10(16)5-9)20-14-7-12(18)11(17)6-13(14)19-15(20)21/h2-8H,1H3,(H,19,21). The normalized spacial score (nSPS) is 12.8. The fraction of sp³-hybridized carbons (Fsp3) is 0.133. The van der Waals surface area contributed by atoms with E-state index in [2.05, 4.69) is 20.9 Å². The summed E-state index contributed by atoms with van der Waals surface area (Å²) in [4.78, 5) is 3.08. The Kier molecular flexibility index (Phi) is 3.90. The number of hydrogen-bond donors (Lipinski definition) is 1. The molecular weight excluding hydrogens is 375 g/mol. The Balaban J connectivity index is 2.22. The molecule has 0 saturated heterocycles. The van der Waals surface area contributed by atoms with Gasteiger partial charge in [-0.1, -0.05) is 39.7 Å². The van der Waals surface area contributed by atoms with E-state index in [-0.39, 0.29) is 11.1 Å². The summed E-state index contributed by atoms with van der Waals surface area (Å²) in [5.41, 5.74) is 2.51. The Morgan fingerprint density at radius 1 is 1.33 bits per heavy atom. The van der Waals surface area contributed by atoms with Crippen molar-refractivity contribution in [1.82, 2.24) is 9.55 Å². The number of H-pyrrole nitrogens is 1. The van der Waals surface area contributed by atoms with Gasteiger partial charge in [-0.2, -0.15) is 0 Å². The molecule has 1 atom stereocenters. The third kappa shape index (κ3) is 2.65. The molecule has 0 fully saturated rings. The number of hydrogen-bond acceptors (Lipinski definition) is 1. The van der Waals surface area contributed by atoms with E-state index < -0.39 is 5.82 Å². The van der Waals surface area contributed by atoms with Crippen molar-refractivity contribution in [3.8, 4) is 0 Å². The minimum atomic E-state index is -0.451. The second kappa shape index (κ2) is 5.55. The molecule has 2 nitrogen and oxygen atoms in total. The van der Waals surface area contributed by atoms with Crippen LogP contribution >= 0.6 is 39.7 Å². The lowest BCUT2D eigenvalue weighted by Gasteiger charge is -2.15. The first-order chi connectivity index (χ1) is 9.97. The number of halogens is 3. The summed E-state index contributed by atoms with van der Waals surface area (Å²) in [6.07, 6.45) is 0. The number of benzene rings is 2. The molecule has 0 aliphatic carbocycles. The maximum atomic E-state index is 13.8. The van der Waals surface area contributed by atoms with Gasteiger partial charge in [0.05, 0.1) is 22.1 Å². The van der Waals surface area contributed by atoms with Crippen molar-refractivity contribution in [1.29, 1.82) is 0 Å². The zero-order valence-corrected chi connectivity index (χ0v) is 14.2. The minimum absolute atomic E-state index is 0.0238. The van der Waals surface area contributed by atoms with E-state index in [1.807, 2.05) is 35.8 Å². The van der Waals surface area contributed by atoms with Crippen LogP contribution in [0.15, 0.2) is 40.9 Å². The number of fused-ring (bicyclic) bond motifs is 1. The molecular formula is C15H11BrClFN2S. The molecule has 3 aromatic rings. The van der Waals surface area contributed by atoms with Crippen molar-refractivity contribution >= 4 is 50.8 Å². The van der Waals surface area contributed by atoms with Crippen LogP contribution in [0.5, 0.6) is 0 Å². The van der Waals surface area contributed by atoms with Gasteiger partial charge >= 0.3 is 0 Å². The topological polar surface area (TPSA) is 20.7 Å². The van der Waals surface area contributed by atoms with Gasteiger partial charge in [-0.15, -0.1) is 0 Å². The average Bonchev–Trinajstić information content (AvgIpc) is 2.74. The van der Waals surface area contributed by atoms with Crippen LogP contribution < -0.4 is 0 Å². The Labute approximate surface area is 139 Å². The lowest BCUT2D eigenvalue weighted by atomic mass is 10.1. The van der Waals surface area contributed by atoms with Crippen molar-refractivity contribution < 1.29 is 4.39 Å². The highest BCUT2D eigenvalue weighted by molar-refractivity contribution is 9.10. The fourth-order valence-electron chi connectivity index (χ4n) is 2.42. The van der Waals surface area contributed by atoms with Crippen LogP contribution in [0.2, 0.25) is 5.02 Å². The first-order valence-corrected chi connectivity index (χ1v) is 7.90. The van der Waals surface area contributed by atoms with E-state index in [4.69, 9.17) is 23.8 Å². The van der Waals surface area contributed by atoms with Crippen molar-refractivity contribution in [2.24, 2.45) is 0 Å². The Bertz CT molecular complexity index is 887. The van der Waals surface area contributed by atoms with Gasteiger partial charge < -0.3 is 9.55 Å². The number of imidazole rings is 1. The number of nitrogens with one attached hydrogen (secondary N) is 1. The Morgan fingerprint density at radius 3 is 2.81 bits per heavy atom. The molecule has 0 aliphatic rings. The van der Waals surface area contributed by atoms with Crippen LogP contribution in [0.25, 0.3) is 11.0 Å². The van der Waals surface area contributed by atoms with Gasteiger partial charge in [-0.25, -0.2) is 4.39 Å². The quantitative estimate of drug-likeness (QED) is 0.548. The lowest BCUT2D eigenvalue weighted by Crippen LogP contribution is -2.06. The van der Waals surface area contributed by atoms with E-state index in [9.17, 15) is 4.39 Å². The summed E-state index contributed by atoms with van der Waals surface area (Å²) in [5.74, 6) is -0.451. The maximum absolute atomic E-state index is 13.8. The largest absolute Gasteiger partial charge is 0.331 e. The first-order valence-electron chi connectivity index (χ1n) is 6.32. The molecule has 1 heterocycles. The van der Waals surface area contributed by atoms with Crippen molar-refractivity contribution in [2.75, 3.05) is 0 Å². The van der Waals surface area contributed by atoms with E-state index >= 15 is 0 Å². The number of nitrogens with zero attached hydrogens (tertiary/aromatic N) is 1. The summed E-state index contributed by atoms with van der Waals surface area (Å²) >= 11 is 14.7. The van der Waals surface area contributed by atoms with Gasteiger partial charge in [0, 0.05) is 10.5 Å². The average molecular weight is 386 g/mol. The highest BCUT2D eigenvalue weighted by Crippen LogP contribution is 2.28. The van der Waals surface area contributed by atoms with Gasteiger partial charge in [0.2, 0.25) is 0 Å². The van der Waals surface area contributed by atoms with Gasteiger partial charge in [0.1, 0.15) is 5.82 Å². The van der Waals surface area contributed by atoms with Crippen LogP contribution in [0.3, 0.4) is 0 Å². The van der Waals surface area contributed by atoms with Crippen LogP contribution in [0.1, 0.15) is 18.5 Å². The molecule has 21 heavy (non-hydrogen) atoms. The molecule has 2 aromatic carbocycles. The molecule has 0 saturated carbocycles. The van der Waals surface area contributed by atoms with E-state index in [1.54, 1.807) is 6.07 Å². The third-order valence-corrected chi connectivity index (χ3v) is 4.56. The zero-order valence-electron chi connectivity index (χ0n) is 11.0. The molecule has 6 heteroatoms. The van der Waals surface area contributed by atoms with Crippen LogP contribution in [0.4, 0.5) is 4.39 Å². The summed E-state index contributed by atoms with van der Waals surface area (Å²) in [7, 11) is 0. The monoisotopic (exact) mass is 384 g/mol. The van der Waals surface area contributed by atoms with Gasteiger partial charge in [0.25, 0.3) is 0 Å².